The summed E-state index contributed by atoms with van der Waals surface area (Å²) >= 11 is 0. The van der Waals surface area contributed by atoms with Crippen molar-refractivity contribution in [2.24, 2.45) is 0 Å². The van der Waals surface area contributed by atoms with E-state index < -0.39 is 8.07 Å². The standard InChI is InChI=1S/C16H29NOSi/c1-6-17(12-13-18-7-2)14-15-8-10-16(11-9-15)19(3,4)5/h8-11H,6-7,12-14H2,1-5H3. The zero-order chi connectivity index (χ0) is 14.3. The van der Waals surface area contributed by atoms with Crippen LogP contribution < -0.4 is 5.19 Å². The Balaban J connectivity index is 2.55. The summed E-state index contributed by atoms with van der Waals surface area (Å²) in [5, 5.41) is 1.54. The first kappa shape index (κ1) is 16.4. The second-order valence-corrected chi connectivity index (χ2v) is 11.1. The minimum atomic E-state index is -1.16. The van der Waals surface area contributed by atoms with Gasteiger partial charge in [0.2, 0.25) is 0 Å². The molecule has 0 spiro atoms. The van der Waals surface area contributed by atoms with Gasteiger partial charge in [-0.25, -0.2) is 0 Å². The van der Waals surface area contributed by atoms with Crippen molar-refractivity contribution in [2.45, 2.75) is 40.0 Å². The summed E-state index contributed by atoms with van der Waals surface area (Å²) < 4.78 is 5.43. The van der Waals surface area contributed by atoms with Gasteiger partial charge in [-0.1, -0.05) is 56.0 Å². The van der Waals surface area contributed by atoms with Crippen molar-refractivity contribution in [1.82, 2.24) is 4.90 Å². The van der Waals surface area contributed by atoms with E-state index in [1.165, 1.54) is 10.8 Å². The summed E-state index contributed by atoms with van der Waals surface area (Å²) in [4.78, 5) is 2.43. The topological polar surface area (TPSA) is 12.5 Å². The number of ether oxygens (including phenoxy) is 1. The monoisotopic (exact) mass is 279 g/mol. The van der Waals surface area contributed by atoms with Gasteiger partial charge in [-0.3, -0.25) is 4.90 Å². The highest BCUT2D eigenvalue weighted by molar-refractivity contribution is 6.88. The molecule has 1 rings (SSSR count). The Morgan fingerprint density at radius 3 is 2.16 bits per heavy atom. The van der Waals surface area contributed by atoms with E-state index in [1.807, 2.05) is 6.92 Å². The van der Waals surface area contributed by atoms with Crippen molar-refractivity contribution in [3.63, 3.8) is 0 Å². The van der Waals surface area contributed by atoms with Crippen LogP contribution in [0.4, 0.5) is 0 Å². The van der Waals surface area contributed by atoms with Crippen LogP contribution in [0.1, 0.15) is 19.4 Å². The smallest absolute Gasteiger partial charge is 0.0775 e. The Morgan fingerprint density at radius 1 is 1.05 bits per heavy atom. The van der Waals surface area contributed by atoms with Crippen LogP contribution in [0, 0.1) is 0 Å². The van der Waals surface area contributed by atoms with Crippen LogP contribution in [0.2, 0.25) is 19.6 Å². The van der Waals surface area contributed by atoms with Gasteiger partial charge in [-0.15, -0.1) is 0 Å². The molecule has 3 heteroatoms. The summed E-state index contributed by atoms with van der Waals surface area (Å²) in [6, 6.07) is 9.21. The summed E-state index contributed by atoms with van der Waals surface area (Å²) in [5.74, 6) is 0. The SMILES string of the molecule is CCOCCN(CC)Cc1ccc([Si](C)(C)C)cc1. The summed E-state index contributed by atoms with van der Waals surface area (Å²) in [5.41, 5.74) is 1.40. The molecule has 108 valence electrons. The molecule has 0 N–H and O–H groups in total. The van der Waals surface area contributed by atoms with E-state index in [2.05, 4.69) is 55.7 Å². The van der Waals surface area contributed by atoms with Crippen LogP contribution in [0.15, 0.2) is 24.3 Å². The highest BCUT2D eigenvalue weighted by Gasteiger charge is 2.15. The zero-order valence-electron chi connectivity index (χ0n) is 13.2. The van der Waals surface area contributed by atoms with Crippen LogP contribution >= 0.6 is 0 Å². The van der Waals surface area contributed by atoms with Gasteiger partial charge in [0.15, 0.2) is 0 Å². The predicted octanol–water partition coefficient (Wildman–Crippen LogP) is 3.09. The Kier molecular flexibility index (Phi) is 6.76. The Labute approximate surface area is 119 Å². The molecule has 0 aliphatic heterocycles. The molecule has 1 aromatic rings. The minimum absolute atomic E-state index is 0.808. The van der Waals surface area contributed by atoms with E-state index in [4.69, 9.17) is 4.74 Å². The maximum atomic E-state index is 5.43. The van der Waals surface area contributed by atoms with E-state index in [-0.39, 0.29) is 0 Å². The normalized spacial score (nSPS) is 12.1. The summed E-state index contributed by atoms with van der Waals surface area (Å²) in [6.45, 7) is 16.2. The average molecular weight is 280 g/mol. The number of hydrogen-bond donors (Lipinski definition) is 0. The zero-order valence-corrected chi connectivity index (χ0v) is 14.2. The first-order valence-corrected chi connectivity index (χ1v) is 10.9. The molecule has 0 fully saturated rings. The Hall–Kier alpha value is -0.643. The molecule has 19 heavy (non-hydrogen) atoms. The fraction of sp³-hybridized carbons (Fsp3) is 0.625. The van der Waals surface area contributed by atoms with E-state index in [0.29, 0.717) is 0 Å². The third-order valence-electron chi connectivity index (χ3n) is 3.43. The van der Waals surface area contributed by atoms with Gasteiger partial charge in [-0.05, 0) is 19.0 Å². The minimum Gasteiger partial charge on any atom is -0.380 e. The quantitative estimate of drug-likeness (QED) is 0.535. The van der Waals surface area contributed by atoms with Gasteiger partial charge >= 0.3 is 0 Å². The number of nitrogens with zero attached hydrogens (tertiary/aromatic N) is 1. The molecule has 0 radical (unpaired) electrons. The van der Waals surface area contributed by atoms with E-state index in [9.17, 15) is 0 Å². The average Bonchev–Trinajstić information content (AvgIpc) is 2.37. The van der Waals surface area contributed by atoms with Crippen molar-refractivity contribution < 1.29 is 4.74 Å². The molecule has 0 bridgehead atoms. The summed E-state index contributed by atoms with van der Waals surface area (Å²) in [7, 11) is -1.16. The van der Waals surface area contributed by atoms with Crippen LogP contribution in [-0.4, -0.2) is 39.3 Å². The number of rotatable bonds is 8. The van der Waals surface area contributed by atoms with Gasteiger partial charge in [0.1, 0.15) is 0 Å². The Bertz CT molecular complexity index is 356. The molecule has 0 aliphatic rings. The number of benzene rings is 1. The molecular weight excluding hydrogens is 250 g/mol. The second kappa shape index (κ2) is 7.83. The maximum Gasteiger partial charge on any atom is 0.0775 e. The van der Waals surface area contributed by atoms with Crippen molar-refractivity contribution in [2.75, 3.05) is 26.3 Å². The van der Waals surface area contributed by atoms with Crippen LogP contribution in [-0.2, 0) is 11.3 Å². The predicted molar refractivity (Wildman–Crippen MR) is 86.9 cm³/mol. The lowest BCUT2D eigenvalue weighted by molar-refractivity contribution is 0.113. The van der Waals surface area contributed by atoms with E-state index in [1.54, 1.807) is 0 Å². The molecule has 0 amide bonds. The molecule has 1 aromatic carbocycles. The van der Waals surface area contributed by atoms with Crippen molar-refractivity contribution in [3.05, 3.63) is 29.8 Å². The van der Waals surface area contributed by atoms with Gasteiger partial charge < -0.3 is 4.74 Å². The molecule has 0 heterocycles. The third-order valence-corrected chi connectivity index (χ3v) is 5.49. The van der Waals surface area contributed by atoms with Crippen LogP contribution in [0.3, 0.4) is 0 Å². The number of likely N-dealkylation sites (N-methyl/N-ethyl adjacent to an activating group) is 1. The molecule has 0 unspecified atom stereocenters. The molecule has 2 nitrogen and oxygen atoms in total. The van der Waals surface area contributed by atoms with Crippen LogP contribution in [0.5, 0.6) is 0 Å². The highest BCUT2D eigenvalue weighted by Crippen LogP contribution is 2.07. The van der Waals surface area contributed by atoms with Crippen LogP contribution in [0.25, 0.3) is 0 Å². The molecule has 0 aliphatic carbocycles. The van der Waals surface area contributed by atoms with Crippen molar-refractivity contribution in [1.29, 1.82) is 0 Å². The number of hydrogen-bond acceptors (Lipinski definition) is 2. The van der Waals surface area contributed by atoms with Gasteiger partial charge in [0.05, 0.1) is 14.7 Å². The van der Waals surface area contributed by atoms with Gasteiger partial charge in [0, 0.05) is 19.7 Å². The lowest BCUT2D eigenvalue weighted by atomic mass is 10.2. The Morgan fingerprint density at radius 2 is 1.68 bits per heavy atom. The molecule has 0 atom stereocenters. The fourth-order valence-corrected chi connectivity index (χ4v) is 3.22. The maximum absolute atomic E-state index is 5.43. The van der Waals surface area contributed by atoms with Gasteiger partial charge in [-0.2, -0.15) is 0 Å². The highest BCUT2D eigenvalue weighted by atomic mass is 28.3. The molecular formula is C16H29NOSi. The van der Waals surface area contributed by atoms with E-state index >= 15 is 0 Å². The lowest BCUT2D eigenvalue weighted by Gasteiger charge is -2.21. The first-order chi connectivity index (χ1) is 8.97. The molecule has 0 saturated heterocycles. The fourth-order valence-electron chi connectivity index (χ4n) is 2.06. The van der Waals surface area contributed by atoms with Crippen molar-refractivity contribution in [3.8, 4) is 0 Å². The first-order valence-electron chi connectivity index (χ1n) is 7.37. The molecule has 0 aromatic heterocycles. The lowest BCUT2D eigenvalue weighted by Crippen LogP contribution is -2.37. The molecule has 0 saturated carbocycles. The van der Waals surface area contributed by atoms with Gasteiger partial charge in [0.25, 0.3) is 0 Å². The summed E-state index contributed by atoms with van der Waals surface area (Å²) in [6.07, 6.45) is 0. The largest absolute Gasteiger partial charge is 0.380 e. The third kappa shape index (κ3) is 5.89. The van der Waals surface area contributed by atoms with E-state index in [0.717, 1.165) is 32.8 Å². The second-order valence-electron chi connectivity index (χ2n) is 6.01. The van der Waals surface area contributed by atoms with Crippen molar-refractivity contribution >= 4 is 13.3 Å².